The Labute approximate surface area is 162 Å². The highest BCUT2D eigenvalue weighted by Gasteiger charge is 2.49. The third-order valence-corrected chi connectivity index (χ3v) is 4.82. The van der Waals surface area contributed by atoms with Crippen molar-refractivity contribution < 1.29 is 18.0 Å². The number of carbonyl (C=O) groups is 1. The Bertz CT molecular complexity index is 1060. The molecule has 1 saturated carbocycles. The van der Waals surface area contributed by atoms with Crippen molar-refractivity contribution >= 4 is 23.2 Å². The summed E-state index contributed by atoms with van der Waals surface area (Å²) in [5, 5.41) is 6.89. The largest absolute Gasteiger partial charge is 0.408 e. The summed E-state index contributed by atoms with van der Waals surface area (Å²) in [5.41, 5.74) is 2.12. The van der Waals surface area contributed by atoms with Crippen LogP contribution in [-0.2, 0) is 0 Å². The highest BCUT2D eigenvalue weighted by molar-refractivity contribution is 6.30. The number of alkyl halides is 3. The van der Waals surface area contributed by atoms with E-state index in [1.54, 1.807) is 25.3 Å². The molecule has 1 N–H and O–H groups in total. The van der Waals surface area contributed by atoms with Crippen LogP contribution < -0.4 is 5.32 Å². The molecule has 0 unspecified atom stereocenters. The number of halogens is 4. The SMILES string of the molecule is Cc1cc(-c2cncc(Cl)c2)nn2c(C(=O)N[C@H](C3CC3)C(F)(F)F)cnc12. The molecule has 3 heterocycles. The Morgan fingerprint density at radius 3 is 2.68 bits per heavy atom. The van der Waals surface area contributed by atoms with Crippen molar-refractivity contribution in [3.8, 4) is 11.3 Å². The highest BCUT2D eigenvalue weighted by atomic mass is 35.5. The number of nitrogens with one attached hydrogen (secondary N) is 1. The van der Waals surface area contributed by atoms with E-state index in [-0.39, 0.29) is 5.69 Å². The van der Waals surface area contributed by atoms with E-state index in [2.05, 4.69) is 20.4 Å². The van der Waals surface area contributed by atoms with Crippen LogP contribution >= 0.6 is 11.6 Å². The molecule has 4 rings (SSSR count). The molecule has 0 saturated heterocycles. The molecule has 0 aromatic carbocycles. The van der Waals surface area contributed by atoms with Crippen LogP contribution in [0.5, 0.6) is 0 Å². The molecule has 10 heteroatoms. The lowest BCUT2D eigenvalue weighted by molar-refractivity contribution is -0.158. The van der Waals surface area contributed by atoms with Gasteiger partial charge < -0.3 is 5.32 Å². The molecule has 0 bridgehead atoms. The normalized spacial score (nSPS) is 15.6. The number of nitrogens with zero attached hydrogens (tertiary/aromatic N) is 4. The maximum absolute atomic E-state index is 13.2. The molecule has 0 radical (unpaired) electrons. The van der Waals surface area contributed by atoms with Gasteiger partial charge >= 0.3 is 6.18 Å². The lowest BCUT2D eigenvalue weighted by Crippen LogP contribution is -2.47. The topological polar surface area (TPSA) is 72.2 Å². The Hall–Kier alpha value is -2.68. The fraction of sp³-hybridized carbons (Fsp3) is 0.333. The number of fused-ring (bicyclic) bond motifs is 1. The fourth-order valence-electron chi connectivity index (χ4n) is 3.08. The van der Waals surface area contributed by atoms with Crippen molar-refractivity contribution in [1.82, 2.24) is 24.9 Å². The number of carbonyl (C=O) groups excluding carboxylic acids is 1. The van der Waals surface area contributed by atoms with Crippen LogP contribution in [0.2, 0.25) is 5.02 Å². The summed E-state index contributed by atoms with van der Waals surface area (Å²) in [6, 6.07) is 1.54. The Kier molecular flexibility index (Phi) is 4.49. The first-order valence-electron chi connectivity index (χ1n) is 8.58. The Morgan fingerprint density at radius 2 is 2.04 bits per heavy atom. The van der Waals surface area contributed by atoms with E-state index in [4.69, 9.17) is 11.6 Å². The van der Waals surface area contributed by atoms with Crippen molar-refractivity contribution in [3.63, 3.8) is 0 Å². The van der Waals surface area contributed by atoms with Gasteiger partial charge in [-0.05, 0) is 43.4 Å². The molecule has 28 heavy (non-hydrogen) atoms. The average Bonchev–Trinajstić information content (AvgIpc) is 3.36. The summed E-state index contributed by atoms with van der Waals surface area (Å²) in [6.07, 6.45) is 0.648. The summed E-state index contributed by atoms with van der Waals surface area (Å²) in [4.78, 5) is 20.7. The van der Waals surface area contributed by atoms with Gasteiger partial charge in [0.2, 0.25) is 0 Å². The third kappa shape index (κ3) is 3.54. The van der Waals surface area contributed by atoms with Gasteiger partial charge in [-0.15, -0.1) is 0 Å². The first-order valence-corrected chi connectivity index (χ1v) is 8.95. The van der Waals surface area contributed by atoms with Gasteiger partial charge in [0.05, 0.1) is 16.9 Å². The van der Waals surface area contributed by atoms with Crippen LogP contribution in [-0.4, -0.2) is 37.7 Å². The van der Waals surface area contributed by atoms with Gasteiger partial charge in [0.15, 0.2) is 11.3 Å². The number of aryl methyl sites for hydroxylation is 1. The fourth-order valence-corrected chi connectivity index (χ4v) is 3.26. The van der Waals surface area contributed by atoms with E-state index in [0.717, 1.165) is 0 Å². The zero-order chi connectivity index (χ0) is 20.1. The van der Waals surface area contributed by atoms with E-state index in [1.165, 1.54) is 16.9 Å². The molecule has 1 atom stereocenters. The van der Waals surface area contributed by atoms with Gasteiger partial charge in [-0.2, -0.15) is 18.3 Å². The van der Waals surface area contributed by atoms with E-state index in [1.807, 2.05) is 0 Å². The summed E-state index contributed by atoms with van der Waals surface area (Å²) in [6.45, 7) is 1.77. The minimum Gasteiger partial charge on any atom is -0.339 e. The molecule has 0 aliphatic heterocycles. The van der Waals surface area contributed by atoms with Gasteiger partial charge in [-0.3, -0.25) is 9.78 Å². The highest BCUT2D eigenvalue weighted by Crippen LogP contribution is 2.40. The molecule has 1 amide bonds. The summed E-state index contributed by atoms with van der Waals surface area (Å²) in [7, 11) is 0. The van der Waals surface area contributed by atoms with Crippen LogP contribution in [0, 0.1) is 12.8 Å². The monoisotopic (exact) mass is 409 g/mol. The number of imidazole rings is 1. The smallest absolute Gasteiger partial charge is 0.339 e. The maximum Gasteiger partial charge on any atom is 0.408 e. The molecule has 1 aliphatic rings. The number of hydrogen-bond donors (Lipinski definition) is 1. The van der Waals surface area contributed by atoms with E-state index in [0.29, 0.717) is 40.3 Å². The molecule has 3 aromatic rings. The van der Waals surface area contributed by atoms with Gasteiger partial charge in [-0.25, -0.2) is 9.50 Å². The summed E-state index contributed by atoms with van der Waals surface area (Å²) in [5.74, 6) is -1.44. The molecular formula is C18H15ClF3N5O. The minimum absolute atomic E-state index is 0.0650. The Balaban J connectivity index is 1.72. The van der Waals surface area contributed by atoms with Crippen LogP contribution in [0.25, 0.3) is 16.9 Å². The Morgan fingerprint density at radius 1 is 1.29 bits per heavy atom. The van der Waals surface area contributed by atoms with Gasteiger partial charge in [-0.1, -0.05) is 11.6 Å². The van der Waals surface area contributed by atoms with Crippen molar-refractivity contribution in [3.05, 3.63) is 47.0 Å². The zero-order valence-corrected chi connectivity index (χ0v) is 15.4. The van der Waals surface area contributed by atoms with Crippen molar-refractivity contribution in [1.29, 1.82) is 0 Å². The first kappa shape index (κ1) is 18.7. The molecular weight excluding hydrogens is 395 g/mol. The molecule has 146 valence electrons. The maximum atomic E-state index is 13.2. The molecule has 0 spiro atoms. The predicted molar refractivity (Wildman–Crippen MR) is 96.0 cm³/mol. The summed E-state index contributed by atoms with van der Waals surface area (Å²) < 4.78 is 41.0. The number of amides is 1. The predicted octanol–water partition coefficient (Wildman–Crippen LogP) is 3.82. The van der Waals surface area contributed by atoms with E-state index < -0.39 is 24.0 Å². The summed E-state index contributed by atoms with van der Waals surface area (Å²) >= 11 is 5.97. The quantitative estimate of drug-likeness (QED) is 0.711. The van der Waals surface area contributed by atoms with E-state index in [9.17, 15) is 18.0 Å². The van der Waals surface area contributed by atoms with Crippen LogP contribution in [0.15, 0.2) is 30.7 Å². The third-order valence-electron chi connectivity index (χ3n) is 4.62. The molecule has 1 fully saturated rings. The van der Waals surface area contributed by atoms with Crippen LogP contribution in [0.3, 0.4) is 0 Å². The number of pyridine rings is 1. The second kappa shape index (κ2) is 6.73. The minimum atomic E-state index is -4.50. The van der Waals surface area contributed by atoms with Crippen molar-refractivity contribution in [2.24, 2.45) is 5.92 Å². The van der Waals surface area contributed by atoms with Gasteiger partial charge in [0.25, 0.3) is 5.91 Å². The van der Waals surface area contributed by atoms with Crippen molar-refractivity contribution in [2.45, 2.75) is 32.0 Å². The number of hydrogen-bond acceptors (Lipinski definition) is 4. The van der Waals surface area contributed by atoms with Gasteiger partial charge in [0.1, 0.15) is 6.04 Å². The number of aromatic nitrogens is 4. The second-order valence-electron chi connectivity index (χ2n) is 6.81. The first-order chi connectivity index (χ1) is 13.2. The second-order valence-corrected chi connectivity index (χ2v) is 7.25. The molecule has 3 aromatic heterocycles. The van der Waals surface area contributed by atoms with Crippen molar-refractivity contribution in [2.75, 3.05) is 0 Å². The average molecular weight is 410 g/mol. The lowest BCUT2D eigenvalue weighted by atomic mass is 10.1. The molecule has 1 aliphatic carbocycles. The standard InChI is InChI=1S/C18H15ClF3N5O/c1-9-4-13(11-5-12(19)7-23-6-11)26-27-14(8-24-16(9)27)17(28)25-15(10-2-3-10)18(20,21)22/h4-8,10,15H,2-3H2,1H3,(H,25,28)/t15-/m1/s1. The van der Waals surface area contributed by atoms with Crippen LogP contribution in [0.1, 0.15) is 28.9 Å². The van der Waals surface area contributed by atoms with Crippen LogP contribution in [0.4, 0.5) is 13.2 Å². The number of rotatable bonds is 4. The zero-order valence-electron chi connectivity index (χ0n) is 14.7. The molecule has 6 nitrogen and oxygen atoms in total. The lowest BCUT2D eigenvalue weighted by Gasteiger charge is -2.21. The van der Waals surface area contributed by atoms with Gasteiger partial charge in [0, 0.05) is 18.0 Å². The van der Waals surface area contributed by atoms with E-state index >= 15 is 0 Å².